The minimum atomic E-state index is -3.04. The van der Waals surface area contributed by atoms with Crippen molar-refractivity contribution in [2.75, 3.05) is 25.1 Å². The molecule has 1 rings (SSSR count). The van der Waals surface area contributed by atoms with Gasteiger partial charge >= 0.3 is 0 Å². The molecule has 0 aromatic carbocycles. The van der Waals surface area contributed by atoms with Crippen LogP contribution < -0.4 is 5.73 Å². The molecule has 0 saturated carbocycles. The number of carbonyl (C=O) groups is 1. The molecule has 5 nitrogen and oxygen atoms in total. The van der Waals surface area contributed by atoms with E-state index in [-0.39, 0.29) is 18.1 Å². The molecule has 0 aromatic heterocycles. The van der Waals surface area contributed by atoms with Gasteiger partial charge in [0.15, 0.2) is 0 Å². The largest absolute Gasteiger partial charge is 0.341 e. The number of nitrogens with zero attached hydrogens (tertiary/aromatic N) is 1. The van der Waals surface area contributed by atoms with Crippen LogP contribution in [-0.4, -0.2) is 50.4 Å². The van der Waals surface area contributed by atoms with Crippen molar-refractivity contribution < 1.29 is 13.2 Å². The van der Waals surface area contributed by atoms with Gasteiger partial charge in [-0.3, -0.25) is 4.79 Å². The fraction of sp³-hybridized carbons (Fsp3) is 0.909. The van der Waals surface area contributed by atoms with Crippen LogP contribution in [0.1, 0.15) is 26.2 Å². The van der Waals surface area contributed by atoms with Crippen LogP contribution in [0.2, 0.25) is 0 Å². The van der Waals surface area contributed by atoms with Gasteiger partial charge < -0.3 is 10.6 Å². The number of piperidine rings is 1. The van der Waals surface area contributed by atoms with Crippen LogP contribution in [0.4, 0.5) is 0 Å². The zero-order valence-corrected chi connectivity index (χ0v) is 11.4. The van der Waals surface area contributed by atoms with Crippen molar-refractivity contribution in [1.82, 2.24) is 4.90 Å². The van der Waals surface area contributed by atoms with E-state index in [4.69, 9.17) is 5.73 Å². The van der Waals surface area contributed by atoms with Gasteiger partial charge in [0.05, 0.1) is 11.8 Å². The Morgan fingerprint density at radius 2 is 1.94 bits per heavy atom. The maximum atomic E-state index is 11.9. The third kappa shape index (κ3) is 5.04. The Morgan fingerprint density at radius 1 is 1.41 bits per heavy atom. The Hall–Kier alpha value is -0.620. The number of sulfone groups is 1. The summed E-state index contributed by atoms with van der Waals surface area (Å²) in [5.74, 6) is 0.524. The molecule has 1 aliphatic rings. The van der Waals surface area contributed by atoms with Gasteiger partial charge in [-0.25, -0.2) is 8.42 Å². The quantitative estimate of drug-likeness (QED) is 0.773. The average molecular weight is 262 g/mol. The van der Waals surface area contributed by atoms with Crippen molar-refractivity contribution in [3.8, 4) is 0 Å². The van der Waals surface area contributed by atoms with Crippen molar-refractivity contribution in [3.05, 3.63) is 0 Å². The van der Waals surface area contributed by atoms with Crippen LogP contribution in [0.5, 0.6) is 0 Å². The van der Waals surface area contributed by atoms with Gasteiger partial charge in [-0.05, 0) is 25.2 Å². The molecule has 1 heterocycles. The van der Waals surface area contributed by atoms with Gasteiger partial charge in [-0.2, -0.15) is 0 Å². The first-order valence-corrected chi connectivity index (χ1v) is 8.08. The molecule has 1 fully saturated rings. The van der Waals surface area contributed by atoms with Crippen LogP contribution in [0, 0.1) is 5.92 Å². The molecule has 1 atom stereocenters. The monoisotopic (exact) mass is 262 g/mol. The Bertz CT molecular complexity index is 359. The van der Waals surface area contributed by atoms with Crippen LogP contribution in [0.3, 0.4) is 0 Å². The number of hydrogen-bond donors (Lipinski definition) is 1. The highest BCUT2D eigenvalue weighted by molar-refractivity contribution is 7.90. The molecule has 0 radical (unpaired) electrons. The number of likely N-dealkylation sites (tertiary alicyclic amines) is 1. The lowest BCUT2D eigenvalue weighted by Crippen LogP contribution is -2.47. The van der Waals surface area contributed by atoms with Crippen LogP contribution in [0.25, 0.3) is 0 Å². The maximum Gasteiger partial charge on any atom is 0.239 e. The summed E-state index contributed by atoms with van der Waals surface area (Å²) < 4.78 is 22.0. The minimum absolute atomic E-state index is 0.0237. The standard InChI is InChI=1S/C11H22N2O3S/c1-9-3-6-13(7-4-9)11(14)10(12)5-8-17(2,15)16/h9-10H,3-8,12H2,1-2H3/t10-/m0/s1. The van der Waals surface area contributed by atoms with E-state index in [0.717, 1.165) is 32.2 Å². The van der Waals surface area contributed by atoms with Gasteiger partial charge in [-0.1, -0.05) is 6.92 Å². The molecule has 1 amide bonds. The number of carbonyl (C=O) groups excluding carboxylic acids is 1. The molecule has 1 aliphatic heterocycles. The van der Waals surface area contributed by atoms with Gasteiger partial charge in [0.2, 0.25) is 5.91 Å². The second kappa shape index (κ2) is 5.82. The summed E-state index contributed by atoms with van der Waals surface area (Å²) in [7, 11) is -3.04. The molecule has 0 aliphatic carbocycles. The number of amides is 1. The molecule has 100 valence electrons. The summed E-state index contributed by atoms with van der Waals surface area (Å²) in [6.45, 7) is 3.66. The highest BCUT2D eigenvalue weighted by Crippen LogP contribution is 2.16. The predicted octanol–water partition coefficient (Wildman–Crippen LogP) is 0.00690. The van der Waals surface area contributed by atoms with Crippen molar-refractivity contribution in [3.63, 3.8) is 0 Å². The summed E-state index contributed by atoms with van der Waals surface area (Å²) >= 11 is 0. The lowest BCUT2D eigenvalue weighted by atomic mass is 9.98. The van der Waals surface area contributed by atoms with E-state index < -0.39 is 15.9 Å². The van der Waals surface area contributed by atoms with E-state index in [1.54, 1.807) is 4.90 Å². The molecule has 0 aromatic rings. The number of hydrogen-bond acceptors (Lipinski definition) is 4. The van der Waals surface area contributed by atoms with Crippen molar-refractivity contribution in [2.24, 2.45) is 11.7 Å². The van der Waals surface area contributed by atoms with Gasteiger partial charge in [0, 0.05) is 19.3 Å². The molecular weight excluding hydrogens is 240 g/mol. The number of rotatable bonds is 4. The summed E-state index contributed by atoms with van der Waals surface area (Å²) in [6.07, 6.45) is 3.38. The van der Waals surface area contributed by atoms with Crippen LogP contribution in [-0.2, 0) is 14.6 Å². The van der Waals surface area contributed by atoms with E-state index in [1.807, 2.05) is 0 Å². The van der Waals surface area contributed by atoms with Crippen LogP contribution in [0.15, 0.2) is 0 Å². The van der Waals surface area contributed by atoms with Gasteiger partial charge in [-0.15, -0.1) is 0 Å². The normalized spacial score (nSPS) is 20.3. The topological polar surface area (TPSA) is 80.5 Å². The SMILES string of the molecule is CC1CCN(C(=O)[C@@H](N)CCS(C)(=O)=O)CC1. The lowest BCUT2D eigenvalue weighted by molar-refractivity contribution is -0.133. The van der Waals surface area contributed by atoms with Crippen molar-refractivity contribution in [1.29, 1.82) is 0 Å². The third-order valence-corrected chi connectivity index (χ3v) is 4.19. The molecule has 1 saturated heterocycles. The van der Waals surface area contributed by atoms with Gasteiger partial charge in [0.25, 0.3) is 0 Å². The predicted molar refractivity (Wildman–Crippen MR) is 67.3 cm³/mol. The fourth-order valence-corrected chi connectivity index (χ4v) is 2.61. The third-order valence-electron chi connectivity index (χ3n) is 3.21. The van der Waals surface area contributed by atoms with E-state index >= 15 is 0 Å². The fourth-order valence-electron chi connectivity index (χ4n) is 1.93. The molecule has 0 spiro atoms. The number of nitrogens with two attached hydrogens (primary N) is 1. The van der Waals surface area contributed by atoms with Crippen LogP contribution >= 0.6 is 0 Å². The Labute approximate surface area is 103 Å². The average Bonchev–Trinajstić information content (AvgIpc) is 2.25. The first-order valence-electron chi connectivity index (χ1n) is 6.01. The van der Waals surface area contributed by atoms with Crippen molar-refractivity contribution in [2.45, 2.75) is 32.2 Å². The minimum Gasteiger partial charge on any atom is -0.341 e. The van der Waals surface area contributed by atoms with Crippen molar-refractivity contribution >= 4 is 15.7 Å². The van der Waals surface area contributed by atoms with Gasteiger partial charge in [0.1, 0.15) is 9.84 Å². The van der Waals surface area contributed by atoms with E-state index in [9.17, 15) is 13.2 Å². The van der Waals surface area contributed by atoms with E-state index in [2.05, 4.69) is 6.92 Å². The summed E-state index contributed by atoms with van der Waals surface area (Å²) in [5, 5.41) is 0. The molecule has 0 unspecified atom stereocenters. The van der Waals surface area contributed by atoms with E-state index in [0.29, 0.717) is 5.92 Å². The smallest absolute Gasteiger partial charge is 0.239 e. The summed E-state index contributed by atoms with van der Waals surface area (Å²) in [5.41, 5.74) is 5.73. The molecular formula is C11H22N2O3S. The molecule has 0 bridgehead atoms. The zero-order valence-electron chi connectivity index (χ0n) is 10.6. The molecule has 2 N–H and O–H groups in total. The first kappa shape index (κ1) is 14.4. The first-order chi connectivity index (χ1) is 7.79. The lowest BCUT2D eigenvalue weighted by Gasteiger charge is -2.32. The zero-order chi connectivity index (χ0) is 13.1. The Balaban J connectivity index is 2.41. The highest BCUT2D eigenvalue weighted by Gasteiger charge is 2.25. The highest BCUT2D eigenvalue weighted by atomic mass is 32.2. The second-order valence-electron chi connectivity index (χ2n) is 5.03. The molecule has 6 heteroatoms. The Kier molecular flexibility index (Phi) is 4.94. The summed E-state index contributed by atoms with van der Waals surface area (Å²) in [6, 6.07) is -0.682. The van der Waals surface area contributed by atoms with E-state index in [1.165, 1.54) is 0 Å². The summed E-state index contributed by atoms with van der Waals surface area (Å²) in [4.78, 5) is 13.7. The molecule has 17 heavy (non-hydrogen) atoms. The Morgan fingerprint density at radius 3 is 2.41 bits per heavy atom. The second-order valence-corrected chi connectivity index (χ2v) is 7.29. The maximum absolute atomic E-state index is 11.9.